The van der Waals surface area contributed by atoms with Crippen LogP contribution in [0.1, 0.15) is 46.6 Å². The number of hydrazone groups is 1. The van der Waals surface area contributed by atoms with Gasteiger partial charge >= 0.3 is 17.8 Å². The van der Waals surface area contributed by atoms with E-state index in [2.05, 4.69) is 22.8 Å². The number of benzene rings is 1. The highest BCUT2D eigenvalue weighted by Gasteiger charge is 2.30. The number of nitrogens with zero attached hydrogens (tertiary/aromatic N) is 2. The van der Waals surface area contributed by atoms with Gasteiger partial charge in [-0.2, -0.15) is 5.10 Å². The molecule has 2 aromatic rings. The lowest BCUT2D eigenvalue weighted by Crippen LogP contribution is -2.32. The van der Waals surface area contributed by atoms with E-state index in [9.17, 15) is 14.4 Å². The van der Waals surface area contributed by atoms with Crippen LogP contribution in [-0.2, 0) is 27.2 Å². The SMILES string of the molecule is CCOC(=O)c1c(NC(=O)C(=O)N/N=C/c2ccc(N(C)C)cc2)sc2c1CCC(C)C2. The molecule has 170 valence electrons. The Morgan fingerprint density at radius 2 is 1.94 bits per heavy atom. The van der Waals surface area contributed by atoms with Crippen molar-refractivity contribution in [1.82, 2.24) is 5.43 Å². The fraction of sp³-hybridized carbons (Fsp3) is 0.391. The summed E-state index contributed by atoms with van der Waals surface area (Å²) in [5, 5.41) is 6.78. The zero-order chi connectivity index (χ0) is 23.3. The summed E-state index contributed by atoms with van der Waals surface area (Å²) in [6.07, 6.45) is 4.01. The lowest BCUT2D eigenvalue weighted by Gasteiger charge is -2.18. The largest absolute Gasteiger partial charge is 0.462 e. The highest BCUT2D eigenvalue weighted by Crippen LogP contribution is 2.40. The van der Waals surface area contributed by atoms with Crippen LogP contribution in [0.5, 0.6) is 0 Å². The Hall–Kier alpha value is -3.20. The first-order valence-corrected chi connectivity index (χ1v) is 11.3. The number of amides is 2. The predicted molar refractivity (Wildman–Crippen MR) is 127 cm³/mol. The van der Waals surface area contributed by atoms with E-state index in [-0.39, 0.29) is 6.61 Å². The first kappa shape index (κ1) is 23.5. The summed E-state index contributed by atoms with van der Waals surface area (Å²) < 4.78 is 5.19. The zero-order valence-corrected chi connectivity index (χ0v) is 19.5. The third-order valence-electron chi connectivity index (χ3n) is 5.21. The molecule has 1 unspecified atom stereocenters. The van der Waals surface area contributed by atoms with Crippen molar-refractivity contribution in [2.75, 3.05) is 30.9 Å². The lowest BCUT2D eigenvalue weighted by atomic mass is 9.88. The van der Waals surface area contributed by atoms with E-state index in [0.717, 1.165) is 41.0 Å². The molecule has 0 saturated heterocycles. The normalized spacial score (nSPS) is 15.2. The van der Waals surface area contributed by atoms with E-state index in [1.165, 1.54) is 17.6 Å². The predicted octanol–water partition coefficient (Wildman–Crippen LogP) is 3.20. The number of hydrogen-bond donors (Lipinski definition) is 2. The van der Waals surface area contributed by atoms with Crippen molar-refractivity contribution in [3.8, 4) is 0 Å². The van der Waals surface area contributed by atoms with Crippen molar-refractivity contribution in [1.29, 1.82) is 0 Å². The number of ether oxygens (including phenoxy) is 1. The van der Waals surface area contributed by atoms with Gasteiger partial charge in [-0.3, -0.25) is 9.59 Å². The number of fused-ring (bicyclic) bond motifs is 1. The van der Waals surface area contributed by atoms with Crippen LogP contribution in [0.3, 0.4) is 0 Å². The van der Waals surface area contributed by atoms with Crippen molar-refractivity contribution >= 4 is 46.0 Å². The average Bonchev–Trinajstić information content (AvgIpc) is 3.10. The standard InChI is InChI=1S/C23H28N4O4S/c1-5-31-23(30)19-17-11-6-14(2)12-18(17)32-22(19)25-20(28)21(29)26-24-13-15-7-9-16(10-8-15)27(3)4/h7-10,13-14H,5-6,11-12H2,1-4H3,(H,25,28)(H,26,29)/b24-13+. The molecule has 32 heavy (non-hydrogen) atoms. The van der Waals surface area contributed by atoms with Gasteiger partial charge in [-0.25, -0.2) is 10.2 Å². The van der Waals surface area contributed by atoms with Crippen LogP contribution in [0.25, 0.3) is 0 Å². The van der Waals surface area contributed by atoms with E-state index in [4.69, 9.17) is 4.74 Å². The van der Waals surface area contributed by atoms with Crippen molar-refractivity contribution in [3.05, 3.63) is 45.8 Å². The minimum atomic E-state index is -0.916. The Labute approximate surface area is 191 Å². The minimum Gasteiger partial charge on any atom is -0.462 e. The van der Waals surface area contributed by atoms with E-state index in [0.29, 0.717) is 16.5 Å². The summed E-state index contributed by atoms with van der Waals surface area (Å²) in [7, 11) is 3.89. The first-order valence-electron chi connectivity index (χ1n) is 10.5. The van der Waals surface area contributed by atoms with Crippen molar-refractivity contribution < 1.29 is 19.1 Å². The van der Waals surface area contributed by atoms with Crippen LogP contribution in [0, 0.1) is 5.92 Å². The summed E-state index contributed by atoms with van der Waals surface area (Å²) in [6, 6.07) is 7.56. The van der Waals surface area contributed by atoms with Crippen LogP contribution >= 0.6 is 11.3 Å². The van der Waals surface area contributed by atoms with Gasteiger partial charge in [0.05, 0.1) is 18.4 Å². The van der Waals surface area contributed by atoms with E-state index < -0.39 is 17.8 Å². The fourth-order valence-electron chi connectivity index (χ4n) is 3.49. The maximum absolute atomic E-state index is 12.5. The van der Waals surface area contributed by atoms with Crippen LogP contribution in [0.15, 0.2) is 29.4 Å². The number of carbonyl (C=O) groups excluding carboxylic acids is 3. The molecule has 0 spiro atoms. The average molecular weight is 457 g/mol. The Kier molecular flexibility index (Phi) is 7.63. The van der Waals surface area contributed by atoms with Gasteiger partial charge in [0.25, 0.3) is 0 Å². The van der Waals surface area contributed by atoms with Crippen molar-refractivity contribution in [3.63, 3.8) is 0 Å². The maximum Gasteiger partial charge on any atom is 0.341 e. The Morgan fingerprint density at radius 1 is 1.22 bits per heavy atom. The Morgan fingerprint density at radius 3 is 2.59 bits per heavy atom. The third-order valence-corrected chi connectivity index (χ3v) is 6.38. The highest BCUT2D eigenvalue weighted by atomic mass is 32.1. The minimum absolute atomic E-state index is 0.234. The number of anilines is 2. The van der Waals surface area contributed by atoms with Crippen molar-refractivity contribution in [2.24, 2.45) is 11.0 Å². The topological polar surface area (TPSA) is 100 Å². The molecule has 0 saturated carbocycles. The molecule has 2 N–H and O–H groups in total. The molecular weight excluding hydrogens is 428 g/mol. The maximum atomic E-state index is 12.5. The molecule has 2 amide bonds. The number of nitrogens with one attached hydrogen (secondary N) is 2. The second-order valence-corrected chi connectivity index (χ2v) is 9.02. The number of carbonyl (C=O) groups is 3. The molecule has 1 aromatic carbocycles. The van der Waals surface area contributed by atoms with Gasteiger partial charge in [0.2, 0.25) is 0 Å². The molecule has 1 aliphatic carbocycles. The molecule has 1 atom stereocenters. The monoisotopic (exact) mass is 456 g/mol. The molecule has 1 heterocycles. The van der Waals surface area contributed by atoms with Crippen molar-refractivity contribution in [2.45, 2.75) is 33.1 Å². The molecule has 0 fully saturated rings. The van der Waals surface area contributed by atoms with Gasteiger partial charge in [-0.05, 0) is 55.4 Å². The van der Waals surface area contributed by atoms with Crippen LogP contribution in [-0.4, -0.2) is 44.7 Å². The van der Waals surface area contributed by atoms with Gasteiger partial charge < -0.3 is 15.0 Å². The van der Waals surface area contributed by atoms with E-state index >= 15 is 0 Å². The van der Waals surface area contributed by atoms with Gasteiger partial charge in [-0.1, -0.05) is 19.1 Å². The van der Waals surface area contributed by atoms with Crippen LogP contribution < -0.4 is 15.6 Å². The summed E-state index contributed by atoms with van der Waals surface area (Å²) in [6.45, 7) is 4.12. The lowest BCUT2D eigenvalue weighted by molar-refractivity contribution is -0.136. The highest BCUT2D eigenvalue weighted by molar-refractivity contribution is 7.17. The van der Waals surface area contributed by atoms with Gasteiger partial charge in [0.1, 0.15) is 5.00 Å². The zero-order valence-electron chi connectivity index (χ0n) is 18.7. The van der Waals surface area contributed by atoms with E-state index in [1.54, 1.807) is 6.92 Å². The molecule has 9 heteroatoms. The molecule has 1 aromatic heterocycles. The fourth-order valence-corrected chi connectivity index (χ4v) is 4.89. The third kappa shape index (κ3) is 5.53. The summed E-state index contributed by atoms with van der Waals surface area (Å²) >= 11 is 1.33. The van der Waals surface area contributed by atoms with Gasteiger partial charge in [0, 0.05) is 24.7 Å². The second kappa shape index (κ2) is 10.4. The number of hydrogen-bond acceptors (Lipinski definition) is 7. The molecule has 1 aliphatic rings. The molecule has 3 rings (SSSR count). The van der Waals surface area contributed by atoms with Gasteiger partial charge in [0.15, 0.2) is 0 Å². The number of esters is 1. The Balaban J connectivity index is 1.68. The van der Waals surface area contributed by atoms with Gasteiger partial charge in [-0.15, -0.1) is 11.3 Å². The molecule has 8 nitrogen and oxygen atoms in total. The smallest absolute Gasteiger partial charge is 0.341 e. The molecular formula is C23H28N4O4S. The summed E-state index contributed by atoms with van der Waals surface area (Å²) in [5.41, 5.74) is 5.33. The number of rotatable bonds is 6. The van der Waals surface area contributed by atoms with Crippen LogP contribution in [0.2, 0.25) is 0 Å². The Bertz CT molecular complexity index is 1030. The van der Waals surface area contributed by atoms with Crippen LogP contribution in [0.4, 0.5) is 10.7 Å². The summed E-state index contributed by atoms with van der Waals surface area (Å²) in [4.78, 5) is 40.2. The quantitative estimate of drug-likeness (QED) is 0.301. The first-order chi connectivity index (χ1) is 15.3. The molecule has 0 aliphatic heterocycles. The van der Waals surface area contributed by atoms with E-state index in [1.807, 2.05) is 43.3 Å². The number of thiophene rings is 1. The summed E-state index contributed by atoms with van der Waals surface area (Å²) in [5.74, 6) is -1.78. The molecule has 0 bridgehead atoms. The molecule has 0 radical (unpaired) electrons. The second-order valence-electron chi connectivity index (χ2n) is 7.92.